The minimum absolute atomic E-state index is 0.0192. The molecular formula is C24H20O7. The van der Waals surface area contributed by atoms with Gasteiger partial charge >= 0.3 is 5.97 Å². The maximum Gasteiger partial charge on any atom is 0.343 e. The molecule has 0 spiro atoms. The van der Waals surface area contributed by atoms with Gasteiger partial charge < -0.3 is 24.4 Å². The molecular weight excluding hydrogens is 400 g/mol. The molecule has 7 nitrogen and oxygen atoms in total. The molecule has 0 saturated carbocycles. The highest BCUT2D eigenvalue weighted by Gasteiger charge is 2.31. The summed E-state index contributed by atoms with van der Waals surface area (Å²) < 4.78 is 16.4. The van der Waals surface area contributed by atoms with Crippen LogP contribution in [0.15, 0.2) is 54.6 Å². The van der Waals surface area contributed by atoms with Gasteiger partial charge in [0.2, 0.25) is 0 Å². The van der Waals surface area contributed by atoms with Gasteiger partial charge in [-0.1, -0.05) is 24.3 Å². The Bertz CT molecular complexity index is 1180. The van der Waals surface area contributed by atoms with E-state index in [-0.39, 0.29) is 40.8 Å². The lowest BCUT2D eigenvalue weighted by molar-refractivity contribution is 0.0732. The molecule has 4 rings (SSSR count). The monoisotopic (exact) mass is 420 g/mol. The molecule has 158 valence electrons. The number of rotatable bonds is 4. The van der Waals surface area contributed by atoms with Crippen LogP contribution in [-0.4, -0.2) is 29.1 Å². The Morgan fingerprint density at radius 1 is 1.06 bits per heavy atom. The Morgan fingerprint density at radius 2 is 1.84 bits per heavy atom. The van der Waals surface area contributed by atoms with Crippen molar-refractivity contribution in [2.75, 3.05) is 7.11 Å². The van der Waals surface area contributed by atoms with Crippen molar-refractivity contribution in [2.45, 2.75) is 19.4 Å². The van der Waals surface area contributed by atoms with Gasteiger partial charge in [-0.15, -0.1) is 0 Å². The number of carbonyl (C=O) groups excluding carboxylic acids is 2. The van der Waals surface area contributed by atoms with E-state index in [1.807, 2.05) is 6.07 Å². The van der Waals surface area contributed by atoms with E-state index in [1.54, 1.807) is 37.3 Å². The summed E-state index contributed by atoms with van der Waals surface area (Å²) in [5, 5.41) is 20.4. The highest BCUT2D eigenvalue weighted by molar-refractivity contribution is 6.03. The van der Waals surface area contributed by atoms with Crippen molar-refractivity contribution in [3.05, 3.63) is 76.9 Å². The molecule has 0 bridgehead atoms. The Morgan fingerprint density at radius 3 is 2.55 bits per heavy atom. The Labute approximate surface area is 178 Å². The average Bonchev–Trinajstić information content (AvgIpc) is 2.73. The number of phenolic OH excluding ortho intramolecular Hbond substituents is 2. The number of ketones is 1. The first kappa shape index (κ1) is 20.3. The molecule has 1 heterocycles. The molecule has 1 aliphatic rings. The molecule has 7 heteroatoms. The third-order valence-electron chi connectivity index (χ3n) is 5.12. The number of benzene rings is 3. The van der Waals surface area contributed by atoms with Crippen LogP contribution in [0, 0.1) is 6.92 Å². The molecule has 0 unspecified atom stereocenters. The fourth-order valence-corrected chi connectivity index (χ4v) is 3.53. The summed E-state index contributed by atoms with van der Waals surface area (Å²) in [5.41, 5.74) is 1.74. The van der Waals surface area contributed by atoms with Crippen LogP contribution in [0.25, 0.3) is 0 Å². The number of Topliss-reactive ketones (excluding diaryl/α,β-unsaturated/α-hetero) is 1. The minimum Gasteiger partial charge on any atom is -0.507 e. The predicted molar refractivity (Wildman–Crippen MR) is 111 cm³/mol. The van der Waals surface area contributed by atoms with Crippen LogP contribution in [0.3, 0.4) is 0 Å². The number of methoxy groups -OCH3 is 1. The number of hydrogen-bond acceptors (Lipinski definition) is 7. The van der Waals surface area contributed by atoms with Crippen LogP contribution in [-0.2, 0) is 0 Å². The third-order valence-corrected chi connectivity index (χ3v) is 5.12. The molecule has 3 aromatic rings. The van der Waals surface area contributed by atoms with Crippen molar-refractivity contribution in [1.82, 2.24) is 0 Å². The summed E-state index contributed by atoms with van der Waals surface area (Å²) in [6.45, 7) is 1.79. The maximum absolute atomic E-state index is 12.7. The zero-order valence-corrected chi connectivity index (χ0v) is 16.9. The van der Waals surface area contributed by atoms with Crippen LogP contribution in [0.1, 0.15) is 44.4 Å². The van der Waals surface area contributed by atoms with Gasteiger partial charge in [-0.05, 0) is 36.2 Å². The zero-order valence-electron chi connectivity index (χ0n) is 16.9. The Kier molecular flexibility index (Phi) is 5.25. The highest BCUT2D eigenvalue weighted by Crippen LogP contribution is 2.43. The van der Waals surface area contributed by atoms with E-state index in [2.05, 4.69) is 0 Å². The summed E-state index contributed by atoms with van der Waals surface area (Å²) in [4.78, 5) is 25.2. The van der Waals surface area contributed by atoms with E-state index in [0.29, 0.717) is 16.9 Å². The number of phenols is 2. The lowest BCUT2D eigenvalue weighted by Gasteiger charge is -2.26. The van der Waals surface area contributed by atoms with Crippen molar-refractivity contribution < 1.29 is 34.0 Å². The normalized spacial score (nSPS) is 15.0. The van der Waals surface area contributed by atoms with Crippen molar-refractivity contribution in [1.29, 1.82) is 0 Å². The Balaban J connectivity index is 1.63. The number of carbonyl (C=O) groups is 2. The van der Waals surface area contributed by atoms with Crippen molar-refractivity contribution in [3.63, 3.8) is 0 Å². The van der Waals surface area contributed by atoms with Gasteiger partial charge in [0, 0.05) is 12.1 Å². The van der Waals surface area contributed by atoms with E-state index >= 15 is 0 Å². The summed E-state index contributed by atoms with van der Waals surface area (Å²) >= 11 is 0. The quantitative estimate of drug-likeness (QED) is 0.478. The van der Waals surface area contributed by atoms with E-state index < -0.39 is 12.1 Å². The van der Waals surface area contributed by atoms with E-state index in [0.717, 1.165) is 5.56 Å². The minimum atomic E-state index is -0.682. The molecule has 3 aromatic carbocycles. The molecule has 0 radical (unpaired) electrons. The predicted octanol–water partition coefficient (Wildman–Crippen LogP) is 4.34. The first-order chi connectivity index (χ1) is 14.9. The maximum atomic E-state index is 12.7. The van der Waals surface area contributed by atoms with Gasteiger partial charge in [0.1, 0.15) is 28.9 Å². The SMILES string of the molecule is COc1ccc([C@@H]2CC(=O)c3c(O)cc(OC(=O)c4ccccc4C)cc3O2)cc1O. The zero-order chi connectivity index (χ0) is 22.1. The molecule has 1 aliphatic heterocycles. The first-order valence-electron chi connectivity index (χ1n) is 9.59. The van der Waals surface area contributed by atoms with Crippen molar-refractivity contribution in [3.8, 4) is 28.7 Å². The van der Waals surface area contributed by atoms with Crippen LogP contribution < -0.4 is 14.2 Å². The first-order valence-corrected chi connectivity index (χ1v) is 9.59. The van der Waals surface area contributed by atoms with Crippen molar-refractivity contribution in [2.24, 2.45) is 0 Å². The second-order valence-electron chi connectivity index (χ2n) is 7.19. The third kappa shape index (κ3) is 3.90. The standard InChI is InChI=1S/C24H20O7/c1-13-5-3-4-6-16(13)24(28)30-15-10-18(26)23-19(27)12-21(31-22(23)11-15)14-7-8-20(29-2)17(25)9-14/h3-11,21,25-26H,12H2,1-2H3/t21-/m0/s1. The molecule has 0 saturated heterocycles. The van der Waals surface area contributed by atoms with Gasteiger partial charge in [0.05, 0.1) is 19.1 Å². The topological polar surface area (TPSA) is 102 Å². The van der Waals surface area contributed by atoms with Crippen molar-refractivity contribution >= 4 is 11.8 Å². The van der Waals surface area contributed by atoms with Crippen LogP contribution in [0.5, 0.6) is 28.7 Å². The van der Waals surface area contributed by atoms with Crippen LogP contribution in [0.2, 0.25) is 0 Å². The van der Waals surface area contributed by atoms with E-state index in [1.165, 1.54) is 25.3 Å². The summed E-state index contributed by atoms with van der Waals surface area (Å²) in [5.74, 6) is -0.863. The van der Waals surface area contributed by atoms with Gasteiger partial charge in [-0.3, -0.25) is 4.79 Å². The summed E-state index contributed by atoms with van der Waals surface area (Å²) in [6.07, 6.45) is -0.701. The fraction of sp³-hybridized carbons (Fsp3) is 0.167. The number of aryl methyl sites for hydroxylation is 1. The number of fused-ring (bicyclic) bond motifs is 1. The average molecular weight is 420 g/mol. The molecule has 0 fully saturated rings. The number of hydrogen-bond donors (Lipinski definition) is 2. The lowest BCUT2D eigenvalue weighted by atomic mass is 9.95. The van der Waals surface area contributed by atoms with E-state index in [4.69, 9.17) is 14.2 Å². The van der Waals surface area contributed by atoms with Crippen LogP contribution in [0.4, 0.5) is 0 Å². The molecule has 0 aliphatic carbocycles. The molecule has 31 heavy (non-hydrogen) atoms. The van der Waals surface area contributed by atoms with Gasteiger partial charge in [0.15, 0.2) is 17.3 Å². The fourth-order valence-electron chi connectivity index (χ4n) is 3.53. The highest BCUT2D eigenvalue weighted by atomic mass is 16.5. The van der Waals surface area contributed by atoms with Crippen LogP contribution >= 0.6 is 0 Å². The second-order valence-corrected chi connectivity index (χ2v) is 7.19. The molecule has 2 N–H and O–H groups in total. The Hall–Kier alpha value is -4.00. The molecule has 0 aromatic heterocycles. The lowest BCUT2D eigenvalue weighted by Crippen LogP contribution is -2.21. The summed E-state index contributed by atoms with van der Waals surface area (Å²) in [7, 11) is 1.44. The summed E-state index contributed by atoms with van der Waals surface area (Å²) in [6, 6.07) is 14.3. The van der Waals surface area contributed by atoms with Gasteiger partial charge in [0.25, 0.3) is 0 Å². The number of ether oxygens (including phenoxy) is 3. The van der Waals surface area contributed by atoms with E-state index in [9.17, 15) is 19.8 Å². The molecule has 0 amide bonds. The van der Waals surface area contributed by atoms with Gasteiger partial charge in [-0.2, -0.15) is 0 Å². The molecule has 1 atom stereocenters. The smallest absolute Gasteiger partial charge is 0.343 e. The number of esters is 1. The van der Waals surface area contributed by atoms with Gasteiger partial charge in [-0.25, -0.2) is 4.79 Å². The number of aromatic hydroxyl groups is 2. The second kappa shape index (κ2) is 8.02. The largest absolute Gasteiger partial charge is 0.507 e.